The maximum atomic E-state index is 12.9. The molecule has 0 aliphatic heterocycles. The second kappa shape index (κ2) is 10.7. The van der Waals surface area contributed by atoms with E-state index in [1.807, 2.05) is 13.0 Å². The van der Waals surface area contributed by atoms with E-state index in [1.165, 1.54) is 0 Å². The van der Waals surface area contributed by atoms with Crippen LogP contribution in [0, 0.1) is 11.8 Å². The molecule has 3 N–H and O–H groups in total. The van der Waals surface area contributed by atoms with E-state index in [9.17, 15) is 19.5 Å². The van der Waals surface area contributed by atoms with Crippen LogP contribution in [0.1, 0.15) is 46.1 Å². The van der Waals surface area contributed by atoms with Crippen LogP contribution >= 0.6 is 0 Å². The summed E-state index contributed by atoms with van der Waals surface area (Å²) in [6.07, 6.45) is 0.113. The van der Waals surface area contributed by atoms with Crippen LogP contribution in [0.5, 0.6) is 0 Å². The van der Waals surface area contributed by atoms with Gasteiger partial charge in [0, 0.05) is 0 Å². The highest BCUT2D eigenvalue weighted by molar-refractivity contribution is 5.99. The van der Waals surface area contributed by atoms with Gasteiger partial charge in [-0.25, -0.2) is 14.5 Å². The molecule has 7 heteroatoms. The van der Waals surface area contributed by atoms with Gasteiger partial charge in [-0.05, 0) is 17.4 Å². The number of carboxylic acid groups (broad SMARTS) is 1. The lowest BCUT2D eigenvalue weighted by atomic mass is 9.94. The Morgan fingerprint density at radius 3 is 2.11 bits per heavy atom. The first-order chi connectivity index (χ1) is 12.7. The summed E-state index contributed by atoms with van der Waals surface area (Å²) < 4.78 is 5.25. The van der Waals surface area contributed by atoms with Gasteiger partial charge in [0.1, 0.15) is 12.6 Å². The molecule has 0 aliphatic rings. The summed E-state index contributed by atoms with van der Waals surface area (Å²) in [5.74, 6) is -2.63. The lowest BCUT2D eigenvalue weighted by Gasteiger charge is -2.33. The molecule has 27 heavy (non-hydrogen) atoms. The van der Waals surface area contributed by atoms with Crippen LogP contribution in [-0.2, 0) is 20.9 Å². The molecule has 0 radical (unpaired) electrons. The number of rotatable bonds is 9. The van der Waals surface area contributed by atoms with Gasteiger partial charge in [-0.15, -0.1) is 0 Å². The van der Waals surface area contributed by atoms with Crippen molar-refractivity contribution in [3.8, 4) is 0 Å². The third-order valence-corrected chi connectivity index (χ3v) is 4.90. The average molecular weight is 378 g/mol. The first-order valence-electron chi connectivity index (χ1n) is 9.26. The molecular formula is C20H30N2O5. The van der Waals surface area contributed by atoms with Crippen LogP contribution in [-0.4, -0.2) is 40.1 Å². The maximum absolute atomic E-state index is 12.9. The number of nitrogens with zero attached hydrogens (tertiary/aromatic N) is 1. The van der Waals surface area contributed by atoms with E-state index < -0.39 is 36.0 Å². The zero-order valence-electron chi connectivity index (χ0n) is 16.4. The fourth-order valence-electron chi connectivity index (χ4n) is 2.62. The molecule has 0 fully saturated rings. The lowest BCUT2D eigenvalue weighted by molar-refractivity contribution is -0.152. The van der Waals surface area contributed by atoms with Crippen molar-refractivity contribution < 1.29 is 24.2 Å². The van der Waals surface area contributed by atoms with Crippen molar-refractivity contribution in [3.63, 3.8) is 0 Å². The molecule has 0 bridgehead atoms. The van der Waals surface area contributed by atoms with E-state index in [2.05, 4.69) is 0 Å². The summed E-state index contributed by atoms with van der Waals surface area (Å²) in [6, 6.07) is 6.65. The Morgan fingerprint density at radius 1 is 1.07 bits per heavy atom. The highest BCUT2D eigenvalue weighted by Gasteiger charge is 2.41. The van der Waals surface area contributed by atoms with Crippen LogP contribution in [0.15, 0.2) is 30.3 Å². The van der Waals surface area contributed by atoms with Gasteiger partial charge in [0.2, 0.25) is 5.91 Å². The van der Waals surface area contributed by atoms with Crippen LogP contribution in [0.2, 0.25) is 0 Å². The quantitative estimate of drug-likeness (QED) is 0.683. The Hall–Kier alpha value is -2.41. The number of hydrogen-bond donors (Lipinski definition) is 2. The van der Waals surface area contributed by atoms with Crippen LogP contribution < -0.4 is 5.73 Å². The van der Waals surface area contributed by atoms with E-state index in [-0.39, 0.29) is 12.5 Å². The Labute approximate surface area is 160 Å². The smallest absolute Gasteiger partial charge is 0.417 e. The SMILES string of the molecule is CC[C@H](C)[C@H](N)C(=O)N(C(=O)OCc1ccccc1)[C@H](C(=O)O)[C@@H](C)CC. The second-order valence-corrected chi connectivity index (χ2v) is 6.83. The number of carboxylic acids is 1. The van der Waals surface area contributed by atoms with Crippen molar-refractivity contribution in [1.82, 2.24) is 4.90 Å². The summed E-state index contributed by atoms with van der Waals surface area (Å²) in [5, 5.41) is 9.66. The summed E-state index contributed by atoms with van der Waals surface area (Å²) in [5.41, 5.74) is 6.74. The molecule has 150 valence electrons. The standard InChI is InChI=1S/C20H30N2O5/c1-5-13(3)16(21)18(23)22(17(19(24)25)14(4)6-2)20(26)27-12-15-10-8-7-9-11-15/h7-11,13-14,16-17H,5-6,12,21H2,1-4H3,(H,24,25)/t13-,14-,16-,17-/m0/s1. The zero-order chi connectivity index (χ0) is 20.6. The Kier molecular flexibility index (Phi) is 8.94. The second-order valence-electron chi connectivity index (χ2n) is 6.83. The number of aliphatic carboxylic acids is 1. The third kappa shape index (κ3) is 6.06. The van der Waals surface area contributed by atoms with Crippen molar-refractivity contribution in [3.05, 3.63) is 35.9 Å². The molecule has 1 rings (SSSR count). The molecule has 4 atom stereocenters. The topological polar surface area (TPSA) is 110 Å². The number of hydrogen-bond acceptors (Lipinski definition) is 5. The maximum Gasteiger partial charge on any atom is 0.417 e. The summed E-state index contributed by atoms with van der Waals surface area (Å²) in [6.45, 7) is 7.08. The predicted octanol–water partition coefficient (Wildman–Crippen LogP) is 3.02. The van der Waals surface area contributed by atoms with Crippen molar-refractivity contribution >= 4 is 18.0 Å². The first-order valence-corrected chi connectivity index (χ1v) is 9.26. The molecule has 0 heterocycles. The minimum Gasteiger partial charge on any atom is -0.480 e. The normalized spacial score (nSPS) is 15.3. The largest absolute Gasteiger partial charge is 0.480 e. The van der Waals surface area contributed by atoms with E-state index in [0.29, 0.717) is 17.7 Å². The van der Waals surface area contributed by atoms with E-state index in [4.69, 9.17) is 10.5 Å². The monoisotopic (exact) mass is 378 g/mol. The fourth-order valence-corrected chi connectivity index (χ4v) is 2.62. The summed E-state index contributed by atoms with van der Waals surface area (Å²) in [4.78, 5) is 38.1. The number of benzene rings is 1. The molecule has 0 saturated heterocycles. The van der Waals surface area contributed by atoms with Crippen LogP contribution in [0.25, 0.3) is 0 Å². The molecule has 0 saturated carbocycles. The van der Waals surface area contributed by atoms with Crippen molar-refractivity contribution in [2.75, 3.05) is 0 Å². The van der Waals surface area contributed by atoms with Crippen LogP contribution in [0.3, 0.4) is 0 Å². The molecule has 0 spiro atoms. The summed E-state index contributed by atoms with van der Waals surface area (Å²) >= 11 is 0. The number of carbonyl (C=O) groups excluding carboxylic acids is 2. The molecule has 0 unspecified atom stereocenters. The van der Waals surface area contributed by atoms with Gasteiger partial charge in [-0.1, -0.05) is 70.9 Å². The minimum absolute atomic E-state index is 0.0606. The Bertz CT molecular complexity index is 635. The number of carbonyl (C=O) groups is 3. The van der Waals surface area contributed by atoms with Gasteiger partial charge in [0.25, 0.3) is 0 Å². The zero-order valence-corrected chi connectivity index (χ0v) is 16.4. The lowest BCUT2D eigenvalue weighted by Crippen LogP contribution is -2.57. The van der Waals surface area contributed by atoms with E-state index >= 15 is 0 Å². The molecule has 1 aromatic carbocycles. The predicted molar refractivity (Wildman–Crippen MR) is 102 cm³/mol. The van der Waals surface area contributed by atoms with Gasteiger partial charge in [0.15, 0.2) is 0 Å². The third-order valence-electron chi connectivity index (χ3n) is 4.90. The van der Waals surface area contributed by atoms with Gasteiger partial charge in [-0.2, -0.15) is 0 Å². The van der Waals surface area contributed by atoms with Gasteiger partial charge >= 0.3 is 12.1 Å². The fraction of sp³-hybridized carbons (Fsp3) is 0.550. The molecular weight excluding hydrogens is 348 g/mol. The van der Waals surface area contributed by atoms with Gasteiger partial charge < -0.3 is 15.6 Å². The highest BCUT2D eigenvalue weighted by Crippen LogP contribution is 2.20. The molecule has 7 nitrogen and oxygen atoms in total. The van der Waals surface area contributed by atoms with Crippen molar-refractivity contribution in [2.24, 2.45) is 17.6 Å². The Balaban J connectivity index is 3.12. The highest BCUT2D eigenvalue weighted by atomic mass is 16.6. The van der Waals surface area contributed by atoms with E-state index in [1.54, 1.807) is 45.0 Å². The van der Waals surface area contributed by atoms with Crippen LogP contribution in [0.4, 0.5) is 4.79 Å². The van der Waals surface area contributed by atoms with Crippen molar-refractivity contribution in [2.45, 2.75) is 59.2 Å². The van der Waals surface area contributed by atoms with Gasteiger partial charge in [0.05, 0.1) is 6.04 Å². The van der Waals surface area contributed by atoms with Gasteiger partial charge in [-0.3, -0.25) is 4.79 Å². The summed E-state index contributed by atoms with van der Waals surface area (Å²) in [7, 11) is 0. The minimum atomic E-state index is -1.33. The molecule has 1 aromatic rings. The number of imide groups is 1. The number of amides is 2. The Morgan fingerprint density at radius 2 is 1.63 bits per heavy atom. The molecule has 0 aliphatic carbocycles. The number of ether oxygens (including phenoxy) is 1. The van der Waals surface area contributed by atoms with Crippen molar-refractivity contribution in [1.29, 1.82) is 0 Å². The number of nitrogens with two attached hydrogens (primary N) is 1. The van der Waals surface area contributed by atoms with E-state index in [0.717, 1.165) is 5.56 Å². The molecule has 2 amide bonds. The first kappa shape index (κ1) is 22.6. The molecule has 0 aromatic heterocycles. The average Bonchev–Trinajstić information content (AvgIpc) is 2.68.